The number of rotatable bonds is 5. The predicted octanol–water partition coefficient (Wildman–Crippen LogP) is 1.01. The van der Waals surface area contributed by atoms with Gasteiger partial charge < -0.3 is 20.0 Å². The van der Waals surface area contributed by atoms with E-state index in [1.54, 1.807) is 50.1 Å². The maximum Gasteiger partial charge on any atom is 0.317 e. The molecule has 7 nitrogen and oxygen atoms in total. The largest absolute Gasteiger partial charge is 0.345 e. The highest BCUT2D eigenvalue weighted by atomic mass is 16.2. The van der Waals surface area contributed by atoms with Crippen molar-refractivity contribution in [3.8, 4) is 0 Å². The summed E-state index contributed by atoms with van der Waals surface area (Å²) in [6, 6.07) is 7.03. The summed E-state index contributed by atoms with van der Waals surface area (Å²) in [5.74, 6) is 0.232. The van der Waals surface area contributed by atoms with Gasteiger partial charge in [0.15, 0.2) is 0 Å². The SMILES string of the molecule is CN(C)C(=O)c1cccc(CNC(=O)N(C)C[C@@H]2CC(=O)N(C)C2)c1. The third kappa shape index (κ3) is 4.95. The summed E-state index contributed by atoms with van der Waals surface area (Å²) in [6.45, 7) is 1.58. The van der Waals surface area contributed by atoms with Crippen molar-refractivity contribution in [2.75, 3.05) is 41.3 Å². The van der Waals surface area contributed by atoms with Crippen LogP contribution in [0.3, 0.4) is 0 Å². The summed E-state index contributed by atoms with van der Waals surface area (Å²) in [4.78, 5) is 40.6. The Kier molecular flexibility index (Phi) is 6.01. The molecular weight excluding hydrogens is 320 g/mol. The van der Waals surface area contributed by atoms with Crippen LogP contribution in [-0.4, -0.2) is 73.8 Å². The highest BCUT2D eigenvalue weighted by Gasteiger charge is 2.28. The molecule has 0 radical (unpaired) electrons. The molecule has 1 heterocycles. The monoisotopic (exact) mass is 346 g/mol. The number of benzene rings is 1. The van der Waals surface area contributed by atoms with Crippen molar-refractivity contribution >= 4 is 17.8 Å². The van der Waals surface area contributed by atoms with Gasteiger partial charge in [-0.15, -0.1) is 0 Å². The van der Waals surface area contributed by atoms with E-state index in [0.717, 1.165) is 5.56 Å². The first-order valence-corrected chi connectivity index (χ1v) is 8.31. The summed E-state index contributed by atoms with van der Waals surface area (Å²) in [5.41, 5.74) is 1.46. The third-order valence-corrected chi connectivity index (χ3v) is 4.32. The second-order valence-corrected chi connectivity index (χ2v) is 6.78. The lowest BCUT2D eigenvalue weighted by Crippen LogP contribution is -2.40. The highest BCUT2D eigenvalue weighted by molar-refractivity contribution is 5.94. The van der Waals surface area contributed by atoms with E-state index >= 15 is 0 Å². The van der Waals surface area contributed by atoms with E-state index in [0.29, 0.717) is 31.6 Å². The summed E-state index contributed by atoms with van der Waals surface area (Å²) in [5, 5.41) is 2.85. The molecule has 0 aromatic heterocycles. The standard InChI is InChI=1S/C18H26N4O3/c1-20(2)17(24)15-7-5-6-13(8-15)10-19-18(25)22(4)12-14-9-16(23)21(3)11-14/h5-8,14H,9-12H2,1-4H3,(H,19,25)/t14-/m1/s1. The van der Waals surface area contributed by atoms with E-state index in [9.17, 15) is 14.4 Å². The zero-order chi connectivity index (χ0) is 18.6. The Labute approximate surface area is 148 Å². The smallest absolute Gasteiger partial charge is 0.317 e. The molecular formula is C18H26N4O3. The minimum Gasteiger partial charge on any atom is -0.345 e. The van der Waals surface area contributed by atoms with Gasteiger partial charge in [0.05, 0.1) is 0 Å². The average Bonchev–Trinajstić information content (AvgIpc) is 2.89. The molecule has 0 spiro atoms. The topological polar surface area (TPSA) is 73.0 Å². The van der Waals surface area contributed by atoms with Gasteiger partial charge in [0.25, 0.3) is 5.91 Å². The molecule has 136 valence electrons. The second-order valence-electron chi connectivity index (χ2n) is 6.78. The molecule has 2 rings (SSSR count). The lowest BCUT2D eigenvalue weighted by Gasteiger charge is -2.21. The average molecular weight is 346 g/mol. The van der Waals surface area contributed by atoms with Crippen LogP contribution in [0.1, 0.15) is 22.3 Å². The number of nitrogens with zero attached hydrogens (tertiary/aromatic N) is 3. The molecule has 1 aromatic rings. The second kappa shape index (κ2) is 8.00. The first-order chi connectivity index (χ1) is 11.8. The number of hydrogen-bond donors (Lipinski definition) is 1. The molecule has 7 heteroatoms. The molecule has 0 saturated carbocycles. The first kappa shape index (κ1) is 18.8. The number of carbonyl (C=O) groups excluding carboxylic acids is 3. The molecule has 25 heavy (non-hydrogen) atoms. The maximum absolute atomic E-state index is 12.2. The van der Waals surface area contributed by atoms with E-state index in [4.69, 9.17) is 0 Å². The minimum absolute atomic E-state index is 0.0692. The van der Waals surface area contributed by atoms with Crippen molar-refractivity contribution in [1.82, 2.24) is 20.0 Å². The lowest BCUT2D eigenvalue weighted by atomic mass is 10.1. The molecule has 1 aliphatic rings. The minimum atomic E-state index is -0.189. The van der Waals surface area contributed by atoms with Gasteiger partial charge in [0.1, 0.15) is 0 Å². The van der Waals surface area contributed by atoms with Crippen LogP contribution < -0.4 is 5.32 Å². The summed E-state index contributed by atoms with van der Waals surface area (Å²) in [7, 11) is 6.92. The van der Waals surface area contributed by atoms with E-state index in [-0.39, 0.29) is 23.8 Å². The van der Waals surface area contributed by atoms with Gasteiger partial charge in [0.2, 0.25) is 5.91 Å². The molecule has 1 aliphatic heterocycles. The van der Waals surface area contributed by atoms with Crippen LogP contribution >= 0.6 is 0 Å². The highest BCUT2D eigenvalue weighted by Crippen LogP contribution is 2.16. The Balaban J connectivity index is 1.86. The zero-order valence-electron chi connectivity index (χ0n) is 15.3. The van der Waals surface area contributed by atoms with Gasteiger partial charge in [-0.05, 0) is 17.7 Å². The maximum atomic E-state index is 12.2. The van der Waals surface area contributed by atoms with Crippen molar-refractivity contribution in [2.24, 2.45) is 5.92 Å². The molecule has 1 fully saturated rings. The van der Waals surface area contributed by atoms with Crippen LogP contribution in [0.5, 0.6) is 0 Å². The van der Waals surface area contributed by atoms with E-state index in [1.165, 1.54) is 4.90 Å². The van der Waals surface area contributed by atoms with E-state index in [1.807, 2.05) is 12.1 Å². The molecule has 1 aromatic carbocycles. The fourth-order valence-electron chi connectivity index (χ4n) is 2.93. The number of amides is 4. The van der Waals surface area contributed by atoms with Gasteiger partial charge in [-0.3, -0.25) is 9.59 Å². The van der Waals surface area contributed by atoms with Crippen molar-refractivity contribution in [3.05, 3.63) is 35.4 Å². The van der Waals surface area contributed by atoms with Crippen LogP contribution in [0.25, 0.3) is 0 Å². The van der Waals surface area contributed by atoms with Gasteiger partial charge in [-0.1, -0.05) is 12.1 Å². The number of urea groups is 1. The third-order valence-electron chi connectivity index (χ3n) is 4.32. The van der Waals surface area contributed by atoms with Crippen LogP contribution in [0.2, 0.25) is 0 Å². The lowest BCUT2D eigenvalue weighted by molar-refractivity contribution is -0.126. The van der Waals surface area contributed by atoms with Crippen molar-refractivity contribution in [1.29, 1.82) is 0 Å². The zero-order valence-corrected chi connectivity index (χ0v) is 15.3. The molecule has 1 saturated heterocycles. The summed E-state index contributed by atoms with van der Waals surface area (Å²) in [6.07, 6.45) is 0.489. The van der Waals surface area contributed by atoms with Gasteiger partial charge in [0, 0.05) is 65.7 Å². The van der Waals surface area contributed by atoms with Crippen molar-refractivity contribution < 1.29 is 14.4 Å². The van der Waals surface area contributed by atoms with Crippen molar-refractivity contribution in [3.63, 3.8) is 0 Å². The van der Waals surface area contributed by atoms with Gasteiger partial charge in [-0.25, -0.2) is 4.79 Å². The Morgan fingerprint density at radius 2 is 2.00 bits per heavy atom. The number of likely N-dealkylation sites (tertiary alicyclic amines) is 1. The molecule has 1 atom stereocenters. The van der Waals surface area contributed by atoms with Gasteiger partial charge in [-0.2, -0.15) is 0 Å². The Morgan fingerprint density at radius 3 is 2.60 bits per heavy atom. The Hall–Kier alpha value is -2.57. The normalized spacial score (nSPS) is 16.7. The fourth-order valence-corrected chi connectivity index (χ4v) is 2.93. The molecule has 0 aliphatic carbocycles. The molecule has 1 N–H and O–H groups in total. The number of carbonyl (C=O) groups is 3. The first-order valence-electron chi connectivity index (χ1n) is 8.31. The van der Waals surface area contributed by atoms with Gasteiger partial charge >= 0.3 is 6.03 Å². The predicted molar refractivity (Wildman–Crippen MR) is 95.1 cm³/mol. The number of nitrogens with one attached hydrogen (secondary N) is 1. The summed E-state index contributed by atoms with van der Waals surface area (Å²) >= 11 is 0. The molecule has 4 amide bonds. The number of hydrogen-bond acceptors (Lipinski definition) is 3. The van der Waals surface area contributed by atoms with E-state index < -0.39 is 0 Å². The molecule has 0 unspecified atom stereocenters. The fraction of sp³-hybridized carbons (Fsp3) is 0.500. The Bertz CT molecular complexity index is 659. The van der Waals surface area contributed by atoms with Crippen LogP contribution in [0.15, 0.2) is 24.3 Å². The summed E-state index contributed by atoms with van der Waals surface area (Å²) < 4.78 is 0. The van der Waals surface area contributed by atoms with Crippen LogP contribution in [0.4, 0.5) is 4.79 Å². The molecule has 0 bridgehead atoms. The van der Waals surface area contributed by atoms with E-state index in [2.05, 4.69) is 5.32 Å². The van der Waals surface area contributed by atoms with Crippen LogP contribution in [0, 0.1) is 5.92 Å². The van der Waals surface area contributed by atoms with Crippen molar-refractivity contribution in [2.45, 2.75) is 13.0 Å². The van der Waals surface area contributed by atoms with Crippen LogP contribution in [-0.2, 0) is 11.3 Å². The quantitative estimate of drug-likeness (QED) is 0.865. The Morgan fingerprint density at radius 1 is 1.28 bits per heavy atom.